The Bertz CT molecular complexity index is 818. The van der Waals surface area contributed by atoms with Gasteiger partial charge in [-0.05, 0) is 42.8 Å². The Labute approximate surface area is 172 Å². The number of hydrogen-bond donors (Lipinski definition) is 1. The van der Waals surface area contributed by atoms with Gasteiger partial charge in [-0.25, -0.2) is 0 Å². The van der Waals surface area contributed by atoms with E-state index in [4.69, 9.17) is 21.1 Å². The maximum atomic E-state index is 12.8. The molecule has 5 nitrogen and oxygen atoms in total. The van der Waals surface area contributed by atoms with Gasteiger partial charge < -0.3 is 14.8 Å². The van der Waals surface area contributed by atoms with Crippen molar-refractivity contribution in [2.45, 2.75) is 19.1 Å². The molecule has 1 saturated heterocycles. The molecule has 7 heteroatoms. The van der Waals surface area contributed by atoms with Gasteiger partial charge in [0.1, 0.15) is 5.75 Å². The fraction of sp³-hybridized carbons (Fsp3) is 0.350. The standard InChI is InChI=1S/C20H22BrClN2O3/c1-13(20(25)23-17-11-16(22)6-7-18(17)26-2)24-8-9-27-19(12-24)14-4-3-5-15(21)10-14/h3-7,10-11,13,19H,8-9,12H2,1-2H3,(H,23,25). The number of anilines is 1. The van der Waals surface area contributed by atoms with Gasteiger partial charge in [0.2, 0.25) is 5.91 Å². The highest BCUT2D eigenvalue weighted by molar-refractivity contribution is 9.10. The van der Waals surface area contributed by atoms with Crippen LogP contribution in [0.4, 0.5) is 5.69 Å². The summed E-state index contributed by atoms with van der Waals surface area (Å²) in [6.07, 6.45) is -0.0628. The topological polar surface area (TPSA) is 50.8 Å². The predicted molar refractivity (Wildman–Crippen MR) is 111 cm³/mol. The van der Waals surface area contributed by atoms with Crippen LogP contribution >= 0.6 is 27.5 Å². The van der Waals surface area contributed by atoms with E-state index in [1.54, 1.807) is 25.3 Å². The maximum absolute atomic E-state index is 12.8. The first-order chi connectivity index (χ1) is 13.0. The number of methoxy groups -OCH3 is 1. The van der Waals surface area contributed by atoms with E-state index in [2.05, 4.69) is 32.2 Å². The summed E-state index contributed by atoms with van der Waals surface area (Å²) in [4.78, 5) is 14.9. The molecule has 1 aliphatic rings. The van der Waals surface area contributed by atoms with Gasteiger partial charge in [0.05, 0.1) is 31.5 Å². The molecule has 2 aromatic carbocycles. The summed E-state index contributed by atoms with van der Waals surface area (Å²) in [6, 6.07) is 12.9. The van der Waals surface area contributed by atoms with E-state index in [9.17, 15) is 4.79 Å². The highest BCUT2D eigenvalue weighted by atomic mass is 79.9. The number of nitrogens with zero attached hydrogens (tertiary/aromatic N) is 1. The summed E-state index contributed by atoms with van der Waals surface area (Å²) in [7, 11) is 1.56. The van der Waals surface area contributed by atoms with Crippen LogP contribution in [-0.4, -0.2) is 43.7 Å². The number of ether oxygens (including phenoxy) is 2. The van der Waals surface area contributed by atoms with Crippen molar-refractivity contribution in [2.75, 3.05) is 32.1 Å². The summed E-state index contributed by atoms with van der Waals surface area (Å²) >= 11 is 9.54. The number of rotatable bonds is 5. The first kappa shape index (κ1) is 20.1. The summed E-state index contributed by atoms with van der Waals surface area (Å²) in [5, 5.41) is 3.47. The van der Waals surface area contributed by atoms with Crippen molar-refractivity contribution in [2.24, 2.45) is 0 Å². The van der Waals surface area contributed by atoms with Gasteiger partial charge in [0, 0.05) is 22.6 Å². The van der Waals surface area contributed by atoms with E-state index in [1.807, 2.05) is 25.1 Å². The highest BCUT2D eigenvalue weighted by Crippen LogP contribution is 2.29. The van der Waals surface area contributed by atoms with E-state index >= 15 is 0 Å². The van der Waals surface area contributed by atoms with Crippen LogP contribution in [0.15, 0.2) is 46.9 Å². The van der Waals surface area contributed by atoms with Gasteiger partial charge in [-0.1, -0.05) is 39.7 Å². The average molecular weight is 454 g/mol. The number of benzene rings is 2. The second-order valence-corrected chi connectivity index (χ2v) is 7.77. The smallest absolute Gasteiger partial charge is 0.241 e. The molecule has 3 rings (SSSR count). The van der Waals surface area contributed by atoms with E-state index in [1.165, 1.54) is 0 Å². The lowest BCUT2D eigenvalue weighted by molar-refractivity contribution is -0.124. The molecule has 1 aliphatic heterocycles. The SMILES string of the molecule is COc1ccc(Cl)cc1NC(=O)C(C)N1CCOC(c2cccc(Br)c2)C1. The highest BCUT2D eigenvalue weighted by Gasteiger charge is 2.29. The van der Waals surface area contributed by atoms with Crippen LogP contribution in [0.25, 0.3) is 0 Å². The van der Waals surface area contributed by atoms with Crippen LogP contribution in [0.5, 0.6) is 5.75 Å². The summed E-state index contributed by atoms with van der Waals surface area (Å²) in [6.45, 7) is 3.83. The molecule has 27 heavy (non-hydrogen) atoms. The van der Waals surface area contributed by atoms with Crippen molar-refractivity contribution in [3.05, 3.63) is 57.5 Å². The number of nitrogens with one attached hydrogen (secondary N) is 1. The van der Waals surface area contributed by atoms with Crippen LogP contribution in [0, 0.1) is 0 Å². The van der Waals surface area contributed by atoms with Crippen molar-refractivity contribution >= 4 is 39.1 Å². The molecule has 0 saturated carbocycles. The molecule has 1 fully saturated rings. The lowest BCUT2D eigenvalue weighted by Crippen LogP contribution is -2.48. The number of hydrogen-bond acceptors (Lipinski definition) is 4. The Hall–Kier alpha value is -1.60. The number of carbonyl (C=O) groups excluding carboxylic acids is 1. The van der Waals surface area contributed by atoms with Crippen LogP contribution in [0.2, 0.25) is 5.02 Å². The van der Waals surface area contributed by atoms with Crippen molar-refractivity contribution < 1.29 is 14.3 Å². The largest absolute Gasteiger partial charge is 0.495 e. The third-order valence-electron chi connectivity index (χ3n) is 4.66. The zero-order chi connectivity index (χ0) is 19.4. The first-order valence-corrected chi connectivity index (χ1v) is 9.90. The quantitative estimate of drug-likeness (QED) is 0.723. The number of halogens is 2. The second kappa shape index (κ2) is 9.06. The molecular weight excluding hydrogens is 432 g/mol. The van der Waals surface area contributed by atoms with Gasteiger partial charge in [-0.15, -0.1) is 0 Å². The summed E-state index contributed by atoms with van der Waals surface area (Å²) < 4.78 is 12.2. The van der Waals surface area contributed by atoms with Crippen LogP contribution < -0.4 is 10.1 Å². The first-order valence-electron chi connectivity index (χ1n) is 8.73. The Morgan fingerprint density at radius 3 is 2.93 bits per heavy atom. The van der Waals surface area contributed by atoms with Gasteiger partial charge in [-0.2, -0.15) is 0 Å². The minimum absolute atomic E-state index is 0.0628. The number of amides is 1. The number of morpholine rings is 1. The molecular formula is C20H22BrClN2O3. The maximum Gasteiger partial charge on any atom is 0.241 e. The molecule has 0 aliphatic carbocycles. The molecule has 2 aromatic rings. The van der Waals surface area contributed by atoms with E-state index < -0.39 is 0 Å². The Morgan fingerprint density at radius 1 is 1.37 bits per heavy atom. The minimum Gasteiger partial charge on any atom is -0.495 e. The third-order valence-corrected chi connectivity index (χ3v) is 5.39. The Morgan fingerprint density at radius 2 is 2.19 bits per heavy atom. The van der Waals surface area contributed by atoms with Gasteiger partial charge in [0.25, 0.3) is 0 Å². The van der Waals surface area contributed by atoms with Gasteiger partial charge in [-0.3, -0.25) is 9.69 Å². The van der Waals surface area contributed by atoms with E-state index in [-0.39, 0.29) is 18.1 Å². The number of carbonyl (C=O) groups is 1. The molecule has 2 atom stereocenters. The molecule has 0 bridgehead atoms. The zero-order valence-corrected chi connectivity index (χ0v) is 17.6. The van der Waals surface area contributed by atoms with Gasteiger partial charge in [0.15, 0.2) is 0 Å². The molecule has 0 aromatic heterocycles. The second-order valence-electron chi connectivity index (χ2n) is 6.42. The summed E-state index contributed by atoms with van der Waals surface area (Å²) in [5.74, 6) is 0.472. The molecule has 1 heterocycles. The molecule has 1 N–H and O–H groups in total. The Balaban J connectivity index is 1.68. The van der Waals surface area contributed by atoms with E-state index in [0.717, 1.165) is 10.0 Å². The molecule has 2 unspecified atom stereocenters. The molecule has 0 radical (unpaired) electrons. The normalized spacial score (nSPS) is 18.7. The molecule has 1 amide bonds. The van der Waals surface area contributed by atoms with Crippen molar-refractivity contribution in [3.63, 3.8) is 0 Å². The van der Waals surface area contributed by atoms with E-state index in [0.29, 0.717) is 36.2 Å². The van der Waals surface area contributed by atoms with Crippen LogP contribution in [-0.2, 0) is 9.53 Å². The van der Waals surface area contributed by atoms with Crippen molar-refractivity contribution in [3.8, 4) is 5.75 Å². The van der Waals surface area contributed by atoms with Crippen molar-refractivity contribution in [1.29, 1.82) is 0 Å². The summed E-state index contributed by atoms with van der Waals surface area (Å²) in [5.41, 5.74) is 1.66. The monoisotopic (exact) mass is 452 g/mol. The minimum atomic E-state index is -0.313. The molecule has 144 valence electrons. The van der Waals surface area contributed by atoms with Crippen LogP contribution in [0.1, 0.15) is 18.6 Å². The van der Waals surface area contributed by atoms with Crippen molar-refractivity contribution in [1.82, 2.24) is 4.90 Å². The zero-order valence-electron chi connectivity index (χ0n) is 15.2. The fourth-order valence-electron chi connectivity index (χ4n) is 3.11. The Kier molecular flexibility index (Phi) is 6.76. The predicted octanol–water partition coefficient (Wildman–Crippen LogP) is 4.51. The average Bonchev–Trinajstić information content (AvgIpc) is 2.67. The lowest BCUT2D eigenvalue weighted by Gasteiger charge is -2.36. The van der Waals surface area contributed by atoms with Crippen LogP contribution in [0.3, 0.4) is 0 Å². The molecule has 0 spiro atoms. The lowest BCUT2D eigenvalue weighted by atomic mass is 10.1. The van der Waals surface area contributed by atoms with Gasteiger partial charge >= 0.3 is 0 Å². The fourth-order valence-corrected chi connectivity index (χ4v) is 3.70. The third kappa shape index (κ3) is 5.02.